The van der Waals surface area contributed by atoms with Gasteiger partial charge in [-0.1, -0.05) is 89.3 Å². The van der Waals surface area contributed by atoms with Crippen LogP contribution in [0.4, 0.5) is 11.5 Å². The van der Waals surface area contributed by atoms with E-state index in [1.807, 2.05) is 74.5 Å². The molecule has 4 amide bonds. The molecule has 3 atom stereocenters. The molecule has 2 saturated heterocycles. The molecular formula is C47H63N9O6S. The first-order valence-corrected chi connectivity index (χ1v) is 23.1. The number of aliphatic hydroxyl groups is 1. The molecule has 0 aliphatic carbocycles. The molecule has 2 aromatic carbocycles. The highest BCUT2D eigenvalue weighted by atomic mass is 32.1. The number of phenolic OH excluding ortho intramolecular Hbond substituents is 1. The van der Waals surface area contributed by atoms with Crippen LogP contribution in [0.25, 0.3) is 21.7 Å². The predicted molar refractivity (Wildman–Crippen MR) is 246 cm³/mol. The zero-order chi connectivity index (χ0) is 45.1. The number of nitrogen functional groups attached to an aromatic ring is 1. The lowest BCUT2D eigenvalue weighted by atomic mass is 9.85. The van der Waals surface area contributed by atoms with Gasteiger partial charge in [0, 0.05) is 64.1 Å². The van der Waals surface area contributed by atoms with Crippen molar-refractivity contribution in [2.45, 2.75) is 117 Å². The maximum Gasteiger partial charge on any atom is 0.246 e. The summed E-state index contributed by atoms with van der Waals surface area (Å²) < 4.78 is 0. The van der Waals surface area contributed by atoms with E-state index in [-0.39, 0.29) is 55.3 Å². The van der Waals surface area contributed by atoms with Crippen LogP contribution in [0.5, 0.6) is 5.75 Å². The summed E-state index contributed by atoms with van der Waals surface area (Å²) in [6.07, 6.45) is 6.45. The van der Waals surface area contributed by atoms with Gasteiger partial charge in [-0.3, -0.25) is 19.2 Å². The standard InChI is InChI=1S/C47H63N9O6S/c1-31-42(63-30-50-31)33-20-18-32(19-21-33)28-49-45(61)38-26-34(57)29-56(38)46(62)43(47(2,3)4)51-40(59)16-10-8-6-5-7-9-11-17-41(60)55-24-22-54(23-25-55)37-27-36(52-53-44(37)48)35-14-12-13-15-39(35)58/h12-15,18-21,27,30,34,38,43,57-58H,5-11,16-17,22-26,28-29H2,1-4H3,(H2,48,53)(H,49,61)(H,51,59)/t34-,38+,43-/m1/s1. The Kier molecular flexibility index (Phi) is 16.1. The Bertz CT molecular complexity index is 2180. The number of aryl methyl sites for hydroxylation is 1. The molecule has 2 aliphatic heterocycles. The molecule has 6 N–H and O–H groups in total. The highest BCUT2D eigenvalue weighted by Gasteiger charge is 2.44. The number of piperazine rings is 1. The van der Waals surface area contributed by atoms with Crippen LogP contribution in [0.1, 0.15) is 96.2 Å². The maximum atomic E-state index is 14.0. The third-order valence-electron chi connectivity index (χ3n) is 12.0. The number of anilines is 2. The molecule has 4 aromatic rings. The number of nitrogens with two attached hydrogens (primary N) is 1. The van der Waals surface area contributed by atoms with Gasteiger partial charge in [0.25, 0.3) is 0 Å². The highest BCUT2D eigenvalue weighted by Crippen LogP contribution is 2.32. The number of aromatic hydroxyl groups is 1. The first-order valence-electron chi connectivity index (χ1n) is 22.2. The minimum absolute atomic E-state index is 0.0266. The van der Waals surface area contributed by atoms with Crippen LogP contribution in [0.15, 0.2) is 60.1 Å². The van der Waals surface area contributed by atoms with E-state index in [2.05, 4.69) is 30.7 Å². The number of carbonyl (C=O) groups is 4. The number of thiazole rings is 1. The third kappa shape index (κ3) is 12.5. The fourth-order valence-corrected chi connectivity index (χ4v) is 9.09. The van der Waals surface area contributed by atoms with Gasteiger partial charge in [0.1, 0.15) is 17.8 Å². The van der Waals surface area contributed by atoms with Crippen LogP contribution in [0.3, 0.4) is 0 Å². The highest BCUT2D eigenvalue weighted by molar-refractivity contribution is 7.13. The molecule has 2 aliphatic rings. The number of unbranched alkanes of at least 4 members (excludes halogenated alkanes) is 6. The van der Waals surface area contributed by atoms with Gasteiger partial charge < -0.3 is 41.3 Å². The number of nitrogens with one attached hydrogen (secondary N) is 2. The van der Waals surface area contributed by atoms with Crippen molar-refractivity contribution in [2.24, 2.45) is 5.41 Å². The second kappa shape index (κ2) is 21.7. The Morgan fingerprint density at radius 1 is 0.905 bits per heavy atom. The number of benzene rings is 2. The van der Waals surface area contributed by atoms with Crippen molar-refractivity contribution >= 4 is 46.5 Å². The van der Waals surface area contributed by atoms with Crippen LogP contribution in [-0.4, -0.2) is 110 Å². The van der Waals surface area contributed by atoms with Crippen molar-refractivity contribution in [3.63, 3.8) is 0 Å². The summed E-state index contributed by atoms with van der Waals surface area (Å²) in [6, 6.07) is 15.0. The Hall–Kier alpha value is -5.61. The smallest absolute Gasteiger partial charge is 0.246 e. The van der Waals surface area contributed by atoms with Crippen LogP contribution in [0.2, 0.25) is 0 Å². The number of aliphatic hydroxyl groups excluding tert-OH is 1. The fraction of sp³-hybridized carbons (Fsp3) is 0.511. The zero-order valence-electron chi connectivity index (χ0n) is 37.0. The minimum Gasteiger partial charge on any atom is -0.507 e. The third-order valence-corrected chi connectivity index (χ3v) is 12.9. The van der Waals surface area contributed by atoms with Crippen LogP contribution >= 0.6 is 11.3 Å². The predicted octanol–water partition coefficient (Wildman–Crippen LogP) is 5.83. The van der Waals surface area contributed by atoms with E-state index in [0.29, 0.717) is 56.1 Å². The first kappa shape index (κ1) is 46.9. The summed E-state index contributed by atoms with van der Waals surface area (Å²) in [5.74, 6) is -0.327. The van der Waals surface area contributed by atoms with Gasteiger partial charge in [0.05, 0.1) is 33.6 Å². The van der Waals surface area contributed by atoms with Crippen molar-refractivity contribution in [3.05, 3.63) is 71.4 Å². The minimum atomic E-state index is -0.859. The number of β-amino-alcohol motifs (C(OH)–C–C–N with tert-alkyl or cyclic N) is 1. The first-order chi connectivity index (χ1) is 30.2. The molecule has 0 unspecified atom stereocenters. The average molecular weight is 882 g/mol. The van der Waals surface area contributed by atoms with Crippen molar-refractivity contribution in [3.8, 4) is 27.4 Å². The normalized spacial score (nSPS) is 17.1. The molecule has 15 nitrogen and oxygen atoms in total. The summed E-state index contributed by atoms with van der Waals surface area (Å²) >= 11 is 1.58. The molecule has 338 valence electrons. The van der Waals surface area contributed by atoms with E-state index in [1.165, 1.54) is 4.90 Å². The number of hydrogen-bond donors (Lipinski definition) is 5. The SMILES string of the molecule is Cc1ncsc1-c1ccc(CNC(=O)[C@@H]2C[C@@H](O)CN2C(=O)[C@@H](NC(=O)CCCCCCCCCC(=O)N2CCN(c3cc(-c4ccccc4O)nnc3N)CC2)C(C)(C)C)cc1. The summed E-state index contributed by atoms with van der Waals surface area (Å²) in [4.78, 5) is 64.4. The number of hydrogen-bond acceptors (Lipinski definition) is 12. The summed E-state index contributed by atoms with van der Waals surface area (Å²) in [7, 11) is 0. The Balaban J connectivity index is 0.855. The molecule has 0 saturated carbocycles. The molecule has 63 heavy (non-hydrogen) atoms. The zero-order valence-corrected chi connectivity index (χ0v) is 37.8. The molecule has 4 heterocycles. The molecule has 16 heteroatoms. The van der Waals surface area contributed by atoms with E-state index in [4.69, 9.17) is 5.73 Å². The molecule has 0 radical (unpaired) electrons. The number of nitrogens with zero attached hydrogens (tertiary/aromatic N) is 6. The monoisotopic (exact) mass is 881 g/mol. The number of amides is 4. The molecule has 6 rings (SSSR count). The van der Waals surface area contributed by atoms with Crippen molar-refractivity contribution in [1.29, 1.82) is 0 Å². The van der Waals surface area contributed by atoms with Gasteiger partial charge in [-0.15, -0.1) is 21.5 Å². The topological polar surface area (TPSA) is 207 Å². The lowest BCUT2D eigenvalue weighted by molar-refractivity contribution is -0.144. The van der Waals surface area contributed by atoms with Gasteiger partial charge in [0.15, 0.2) is 5.82 Å². The number of phenols is 1. The number of likely N-dealkylation sites (tertiary alicyclic amines) is 1. The molecule has 2 aromatic heterocycles. The van der Waals surface area contributed by atoms with Gasteiger partial charge >= 0.3 is 0 Å². The van der Waals surface area contributed by atoms with Crippen molar-refractivity contribution in [1.82, 2.24) is 35.6 Å². The Labute approximate surface area is 374 Å². The molecule has 2 fully saturated rings. The fourth-order valence-electron chi connectivity index (χ4n) is 8.28. The number of rotatable bonds is 18. The van der Waals surface area contributed by atoms with E-state index < -0.39 is 23.6 Å². The van der Waals surface area contributed by atoms with E-state index in [9.17, 15) is 29.4 Å². The second-order valence-electron chi connectivity index (χ2n) is 17.8. The molecule has 0 bridgehead atoms. The van der Waals surface area contributed by atoms with Gasteiger partial charge in [-0.05, 0) is 54.5 Å². The van der Waals surface area contributed by atoms with E-state index >= 15 is 0 Å². The van der Waals surface area contributed by atoms with E-state index in [1.54, 1.807) is 29.5 Å². The quantitative estimate of drug-likeness (QED) is 0.0752. The Morgan fingerprint density at radius 2 is 1.57 bits per heavy atom. The number of para-hydroxylation sites is 1. The van der Waals surface area contributed by atoms with Crippen molar-refractivity contribution in [2.75, 3.05) is 43.4 Å². The van der Waals surface area contributed by atoms with Crippen LogP contribution in [0, 0.1) is 12.3 Å². The summed E-state index contributed by atoms with van der Waals surface area (Å²) in [5, 5.41) is 35.0. The van der Waals surface area contributed by atoms with Crippen LogP contribution < -0.4 is 21.3 Å². The summed E-state index contributed by atoms with van der Waals surface area (Å²) in [6.45, 7) is 10.4. The Morgan fingerprint density at radius 3 is 2.22 bits per heavy atom. The van der Waals surface area contributed by atoms with Gasteiger partial charge in [-0.25, -0.2) is 4.98 Å². The second-order valence-corrected chi connectivity index (χ2v) is 18.7. The number of carbonyl (C=O) groups excluding carboxylic acids is 4. The molecule has 0 spiro atoms. The largest absolute Gasteiger partial charge is 0.507 e. The van der Waals surface area contributed by atoms with Gasteiger partial charge in [-0.2, -0.15) is 0 Å². The van der Waals surface area contributed by atoms with Crippen molar-refractivity contribution < 1.29 is 29.4 Å². The summed E-state index contributed by atoms with van der Waals surface area (Å²) in [5.41, 5.74) is 12.2. The number of aromatic nitrogens is 3. The van der Waals surface area contributed by atoms with E-state index in [0.717, 1.165) is 65.9 Å². The van der Waals surface area contributed by atoms with Gasteiger partial charge in [0.2, 0.25) is 23.6 Å². The lowest BCUT2D eigenvalue weighted by Crippen LogP contribution is -2.57. The lowest BCUT2D eigenvalue weighted by Gasteiger charge is -2.36. The average Bonchev–Trinajstić information content (AvgIpc) is 3.89. The maximum absolute atomic E-state index is 14.0. The van der Waals surface area contributed by atoms with Crippen LogP contribution in [-0.2, 0) is 25.7 Å². The molecular weight excluding hydrogens is 819 g/mol.